The van der Waals surface area contributed by atoms with Gasteiger partial charge in [0.25, 0.3) is 15.9 Å². The van der Waals surface area contributed by atoms with Gasteiger partial charge in [-0.3, -0.25) is 19.3 Å². The Morgan fingerprint density at radius 3 is 2.38 bits per heavy atom. The summed E-state index contributed by atoms with van der Waals surface area (Å²) in [5, 5.41) is 0.792. The molecule has 0 spiro atoms. The summed E-state index contributed by atoms with van der Waals surface area (Å²) in [5.41, 5.74) is 4.05. The van der Waals surface area contributed by atoms with Crippen molar-refractivity contribution in [3.05, 3.63) is 102 Å². The first kappa shape index (κ1) is 31.7. The molecule has 6 rings (SSSR count). The second-order valence-corrected chi connectivity index (χ2v) is 13.2. The molecule has 9 nitrogen and oxygen atoms in total. The largest absolute Gasteiger partial charge is 0.480 e. The zero-order valence-electron chi connectivity index (χ0n) is 25.7. The molecule has 1 aliphatic heterocycles. The summed E-state index contributed by atoms with van der Waals surface area (Å²) >= 11 is 0. The fourth-order valence-electron chi connectivity index (χ4n) is 5.93. The summed E-state index contributed by atoms with van der Waals surface area (Å²) in [4.78, 5) is 35.1. The number of amides is 1. The lowest BCUT2D eigenvalue weighted by Gasteiger charge is -2.22. The molecule has 12 heteroatoms. The molecular weight excluding hydrogens is 626 g/mol. The topological polar surface area (TPSA) is 119 Å². The molecule has 1 N–H and O–H groups in total. The van der Waals surface area contributed by atoms with E-state index in [0.29, 0.717) is 41.2 Å². The molecule has 1 fully saturated rings. The number of ketones is 1. The van der Waals surface area contributed by atoms with E-state index in [1.807, 2.05) is 43.3 Å². The maximum atomic E-state index is 14.3. The number of methoxy groups -OCH3 is 1. The van der Waals surface area contributed by atoms with Crippen molar-refractivity contribution in [2.24, 2.45) is 5.92 Å². The molecule has 0 aliphatic carbocycles. The van der Waals surface area contributed by atoms with Crippen LogP contribution in [0.15, 0.2) is 90.1 Å². The number of nitrogens with one attached hydrogen (secondary N) is 1. The Morgan fingerprint density at radius 2 is 1.68 bits per heavy atom. The number of ether oxygens (including phenoxy) is 1. The summed E-state index contributed by atoms with van der Waals surface area (Å²) in [7, 11) is -3.14. The van der Waals surface area contributed by atoms with Crippen LogP contribution in [-0.2, 0) is 14.8 Å². The third-order valence-corrected chi connectivity index (χ3v) is 9.63. The van der Waals surface area contributed by atoms with Crippen LogP contribution in [0.1, 0.15) is 30.6 Å². The van der Waals surface area contributed by atoms with Crippen LogP contribution in [0.4, 0.5) is 14.5 Å². The Kier molecular flexibility index (Phi) is 8.45. The van der Waals surface area contributed by atoms with Crippen molar-refractivity contribution in [2.75, 3.05) is 18.4 Å². The fraction of sp³-hybridized carbons (Fsp3) is 0.200. The van der Waals surface area contributed by atoms with E-state index in [9.17, 15) is 26.8 Å². The van der Waals surface area contributed by atoms with Crippen molar-refractivity contribution in [3.63, 3.8) is 0 Å². The molecular formula is C35H30F2N4O5S. The number of hydrogen-bond acceptors (Lipinski definition) is 7. The smallest absolute Gasteiger partial charge is 0.264 e. The predicted molar refractivity (Wildman–Crippen MR) is 173 cm³/mol. The van der Waals surface area contributed by atoms with Crippen LogP contribution in [0.2, 0.25) is 0 Å². The number of halogens is 2. The molecule has 0 bridgehead atoms. The molecule has 3 heterocycles. The van der Waals surface area contributed by atoms with E-state index in [4.69, 9.17) is 4.74 Å². The Hall–Kier alpha value is -5.23. The number of rotatable bonds is 8. The molecule has 5 aromatic rings. The van der Waals surface area contributed by atoms with E-state index in [0.717, 1.165) is 28.6 Å². The van der Waals surface area contributed by atoms with Gasteiger partial charge < -0.3 is 9.64 Å². The molecule has 1 saturated heterocycles. The first-order valence-electron chi connectivity index (χ1n) is 14.8. The molecule has 240 valence electrons. The third-order valence-electron chi connectivity index (χ3n) is 8.23. The van der Waals surface area contributed by atoms with Gasteiger partial charge in [0.15, 0.2) is 5.78 Å². The van der Waals surface area contributed by atoms with Gasteiger partial charge in [0, 0.05) is 41.5 Å². The molecule has 0 radical (unpaired) electrons. The van der Waals surface area contributed by atoms with E-state index in [1.165, 1.54) is 26.3 Å². The fourth-order valence-corrected chi connectivity index (χ4v) is 7.04. The number of sulfonamides is 1. The lowest BCUT2D eigenvalue weighted by Crippen LogP contribution is -2.39. The molecule has 2 atom stereocenters. The van der Waals surface area contributed by atoms with E-state index < -0.39 is 32.6 Å². The Balaban J connectivity index is 1.33. The highest BCUT2D eigenvalue weighted by molar-refractivity contribution is 7.92. The average molecular weight is 657 g/mol. The number of fused-ring (bicyclic) bond motifs is 1. The summed E-state index contributed by atoms with van der Waals surface area (Å²) in [5.74, 6) is -2.13. The average Bonchev–Trinajstić information content (AvgIpc) is 3.45. The number of benzene rings is 3. The second kappa shape index (κ2) is 12.5. The van der Waals surface area contributed by atoms with Gasteiger partial charge in [-0.1, -0.05) is 25.1 Å². The second-order valence-electron chi connectivity index (χ2n) is 11.6. The maximum Gasteiger partial charge on any atom is 0.264 e. The van der Waals surface area contributed by atoms with Gasteiger partial charge in [0.2, 0.25) is 5.88 Å². The third kappa shape index (κ3) is 6.28. The molecule has 0 saturated carbocycles. The summed E-state index contributed by atoms with van der Waals surface area (Å²) in [6.45, 7) is 4.09. The number of carbonyl (C=O) groups excluding carboxylic acids is 2. The SMILES string of the molecule is COc1ncc(-c2ccc3nccc(-c4ccc(C(=O)N5C[C@@H](C)C[C@H]5C(C)=O)cc4)c3c2)cc1NS(=O)(=O)c1ccc(F)cc1F. The highest BCUT2D eigenvalue weighted by Gasteiger charge is 2.36. The Labute approximate surface area is 270 Å². The van der Waals surface area contributed by atoms with E-state index in [2.05, 4.69) is 14.7 Å². The molecule has 2 aromatic heterocycles. The zero-order valence-corrected chi connectivity index (χ0v) is 26.5. The van der Waals surface area contributed by atoms with Crippen LogP contribution in [-0.4, -0.2) is 54.7 Å². The van der Waals surface area contributed by atoms with Gasteiger partial charge in [-0.25, -0.2) is 22.2 Å². The van der Waals surface area contributed by atoms with Crippen molar-refractivity contribution >= 4 is 38.3 Å². The molecule has 1 amide bonds. The van der Waals surface area contributed by atoms with Crippen molar-refractivity contribution in [1.82, 2.24) is 14.9 Å². The standard InChI is InChI=1S/C35H30F2N4O5S/c1-20-14-32(21(2)42)41(19-20)35(43)23-6-4-22(5-7-23)27-12-13-38-30-10-8-24(15-28(27)30)25-16-31(34(46-3)39-18-25)40-47(44,45)33-11-9-26(36)17-29(33)37/h4-13,15-18,20,32,40H,14,19H2,1-3H3/t20-,32-/m0/s1. The Morgan fingerprint density at radius 1 is 0.936 bits per heavy atom. The minimum absolute atomic E-state index is 0.0169. The number of likely N-dealkylation sites (tertiary alicyclic amines) is 1. The van der Waals surface area contributed by atoms with Crippen molar-refractivity contribution < 1.29 is 31.5 Å². The lowest BCUT2D eigenvalue weighted by atomic mass is 9.97. The molecule has 0 unspecified atom stereocenters. The molecule has 1 aliphatic rings. The van der Waals surface area contributed by atoms with Gasteiger partial charge in [-0.05, 0) is 84.5 Å². The van der Waals surface area contributed by atoms with Gasteiger partial charge in [0.05, 0.1) is 18.7 Å². The van der Waals surface area contributed by atoms with Gasteiger partial charge in [-0.15, -0.1) is 0 Å². The van der Waals surface area contributed by atoms with Crippen LogP contribution in [0.3, 0.4) is 0 Å². The number of aromatic nitrogens is 2. The highest BCUT2D eigenvalue weighted by Crippen LogP contribution is 2.35. The number of hydrogen-bond donors (Lipinski definition) is 1. The number of anilines is 1. The highest BCUT2D eigenvalue weighted by atomic mass is 32.2. The quantitative estimate of drug-likeness (QED) is 0.203. The van der Waals surface area contributed by atoms with Gasteiger partial charge >= 0.3 is 0 Å². The van der Waals surface area contributed by atoms with Crippen molar-refractivity contribution in [2.45, 2.75) is 31.2 Å². The van der Waals surface area contributed by atoms with Crippen molar-refractivity contribution in [3.8, 4) is 28.1 Å². The van der Waals surface area contributed by atoms with Crippen LogP contribution in [0.25, 0.3) is 33.2 Å². The van der Waals surface area contributed by atoms with Crippen molar-refractivity contribution in [1.29, 1.82) is 0 Å². The predicted octanol–water partition coefficient (Wildman–Crippen LogP) is 6.49. The molecule has 3 aromatic carbocycles. The number of nitrogens with zero attached hydrogens (tertiary/aromatic N) is 3. The summed E-state index contributed by atoms with van der Waals surface area (Å²) in [6.07, 6.45) is 3.87. The zero-order chi connectivity index (χ0) is 33.5. The van der Waals surface area contributed by atoms with Crippen LogP contribution in [0.5, 0.6) is 5.88 Å². The normalized spacial score (nSPS) is 16.3. The number of Topliss-reactive ketones (excluding diaryl/α,β-unsaturated/α-hetero) is 1. The molecule has 47 heavy (non-hydrogen) atoms. The van der Waals surface area contributed by atoms with Crippen LogP contribution < -0.4 is 9.46 Å². The Bertz CT molecular complexity index is 2140. The summed E-state index contributed by atoms with van der Waals surface area (Å²) < 4.78 is 61.4. The van der Waals surface area contributed by atoms with Crippen LogP contribution in [0, 0.1) is 17.6 Å². The van der Waals surface area contributed by atoms with Gasteiger partial charge in [0.1, 0.15) is 22.2 Å². The van der Waals surface area contributed by atoms with Gasteiger partial charge in [-0.2, -0.15) is 0 Å². The van der Waals surface area contributed by atoms with Crippen LogP contribution >= 0.6 is 0 Å². The van der Waals surface area contributed by atoms with E-state index >= 15 is 0 Å². The van der Waals surface area contributed by atoms with E-state index in [-0.39, 0.29) is 29.2 Å². The monoisotopic (exact) mass is 656 g/mol. The number of carbonyl (C=O) groups is 2. The first-order chi connectivity index (χ1) is 22.4. The lowest BCUT2D eigenvalue weighted by molar-refractivity contribution is -0.120. The number of pyridine rings is 2. The summed E-state index contributed by atoms with van der Waals surface area (Å²) in [6, 6.07) is 17.9. The first-order valence-corrected chi connectivity index (χ1v) is 16.3. The minimum atomic E-state index is -4.46. The van der Waals surface area contributed by atoms with E-state index in [1.54, 1.807) is 23.2 Å². The minimum Gasteiger partial charge on any atom is -0.480 e. The maximum absolute atomic E-state index is 14.3.